The number of rotatable bonds is 4. The monoisotopic (exact) mass is 285 g/mol. The second-order valence-electron chi connectivity index (χ2n) is 6.05. The molecule has 7 nitrogen and oxygen atoms in total. The van der Waals surface area contributed by atoms with Gasteiger partial charge < -0.3 is 20.6 Å². The Morgan fingerprint density at radius 3 is 2.45 bits per heavy atom. The van der Waals surface area contributed by atoms with Gasteiger partial charge in [-0.25, -0.2) is 4.79 Å². The molecule has 1 fully saturated rings. The average molecular weight is 285 g/mol. The van der Waals surface area contributed by atoms with E-state index in [1.807, 2.05) is 20.8 Å². The maximum Gasteiger partial charge on any atom is 0.317 e. The van der Waals surface area contributed by atoms with Crippen molar-refractivity contribution in [1.29, 1.82) is 0 Å². The Morgan fingerprint density at radius 2 is 1.95 bits per heavy atom. The Balaban J connectivity index is 2.24. The van der Waals surface area contributed by atoms with E-state index in [1.54, 1.807) is 0 Å². The van der Waals surface area contributed by atoms with Crippen LogP contribution in [0.4, 0.5) is 4.79 Å². The fourth-order valence-electron chi connectivity index (χ4n) is 2.02. The molecule has 1 heterocycles. The molecule has 3 amide bonds. The predicted octanol–water partition coefficient (Wildman–Crippen LogP) is 0.407. The molecule has 1 atom stereocenters. The molecule has 1 rings (SSSR count). The first-order chi connectivity index (χ1) is 9.19. The highest BCUT2D eigenvalue weighted by Gasteiger charge is 2.30. The third-order valence-corrected chi connectivity index (χ3v) is 2.97. The summed E-state index contributed by atoms with van der Waals surface area (Å²) in [4.78, 5) is 35.6. The van der Waals surface area contributed by atoms with E-state index in [9.17, 15) is 14.4 Å². The first-order valence-electron chi connectivity index (χ1n) is 6.75. The van der Waals surface area contributed by atoms with Crippen LogP contribution < -0.4 is 10.6 Å². The standard InChI is InChI=1S/C13H23N3O4/c1-13(2,3)15-10(17)4-6-14-12(20)16-7-5-9(8-16)11(18)19/h9H,4-8H2,1-3H3,(H,14,20)(H,15,17)(H,18,19). The van der Waals surface area contributed by atoms with Crippen LogP contribution in [0.15, 0.2) is 0 Å². The number of urea groups is 1. The minimum absolute atomic E-state index is 0.123. The zero-order valence-electron chi connectivity index (χ0n) is 12.2. The Hall–Kier alpha value is -1.79. The largest absolute Gasteiger partial charge is 0.481 e. The Kier molecular flexibility index (Phi) is 5.35. The van der Waals surface area contributed by atoms with Crippen molar-refractivity contribution in [1.82, 2.24) is 15.5 Å². The van der Waals surface area contributed by atoms with Gasteiger partial charge >= 0.3 is 12.0 Å². The molecule has 0 aromatic rings. The maximum absolute atomic E-state index is 11.8. The number of carboxylic acid groups (broad SMARTS) is 1. The molecule has 0 aromatic carbocycles. The number of hydrogen-bond donors (Lipinski definition) is 3. The summed E-state index contributed by atoms with van der Waals surface area (Å²) in [6, 6.07) is -0.308. The van der Waals surface area contributed by atoms with Gasteiger partial charge in [-0.05, 0) is 27.2 Å². The molecule has 3 N–H and O–H groups in total. The number of aliphatic carboxylic acids is 1. The van der Waals surface area contributed by atoms with Crippen molar-refractivity contribution < 1.29 is 19.5 Å². The molecule has 0 radical (unpaired) electrons. The highest BCUT2D eigenvalue weighted by molar-refractivity contribution is 5.79. The average Bonchev–Trinajstić information content (AvgIpc) is 2.75. The van der Waals surface area contributed by atoms with Crippen LogP contribution in [-0.4, -0.2) is 53.1 Å². The predicted molar refractivity (Wildman–Crippen MR) is 73.2 cm³/mol. The highest BCUT2D eigenvalue weighted by Crippen LogP contribution is 2.15. The minimum Gasteiger partial charge on any atom is -0.481 e. The van der Waals surface area contributed by atoms with Crippen LogP contribution in [0.2, 0.25) is 0 Å². The highest BCUT2D eigenvalue weighted by atomic mass is 16.4. The Bertz CT molecular complexity index is 390. The van der Waals surface area contributed by atoms with Crippen LogP contribution in [-0.2, 0) is 9.59 Å². The molecular weight excluding hydrogens is 262 g/mol. The number of carbonyl (C=O) groups excluding carboxylic acids is 2. The zero-order valence-corrected chi connectivity index (χ0v) is 12.2. The van der Waals surface area contributed by atoms with Crippen molar-refractivity contribution in [2.24, 2.45) is 5.92 Å². The van der Waals surface area contributed by atoms with Crippen LogP contribution >= 0.6 is 0 Å². The summed E-state index contributed by atoms with van der Waals surface area (Å²) in [5.74, 6) is -1.47. The van der Waals surface area contributed by atoms with Gasteiger partial charge in [0.05, 0.1) is 5.92 Å². The van der Waals surface area contributed by atoms with Gasteiger partial charge in [0.25, 0.3) is 0 Å². The molecule has 0 aromatic heterocycles. The van der Waals surface area contributed by atoms with Crippen LogP contribution in [0.5, 0.6) is 0 Å². The van der Waals surface area contributed by atoms with Crippen LogP contribution in [0.3, 0.4) is 0 Å². The van der Waals surface area contributed by atoms with Gasteiger partial charge in [-0.1, -0.05) is 0 Å². The van der Waals surface area contributed by atoms with Gasteiger partial charge in [0.1, 0.15) is 0 Å². The lowest BCUT2D eigenvalue weighted by atomic mass is 10.1. The zero-order chi connectivity index (χ0) is 15.3. The molecule has 0 aliphatic carbocycles. The summed E-state index contributed by atoms with van der Waals surface area (Å²) >= 11 is 0. The van der Waals surface area contributed by atoms with E-state index in [2.05, 4.69) is 10.6 Å². The van der Waals surface area contributed by atoms with E-state index >= 15 is 0 Å². The summed E-state index contributed by atoms with van der Waals surface area (Å²) in [6.45, 7) is 6.58. The fourth-order valence-corrected chi connectivity index (χ4v) is 2.02. The van der Waals surface area contributed by atoms with Crippen LogP contribution in [0.1, 0.15) is 33.6 Å². The Morgan fingerprint density at radius 1 is 1.30 bits per heavy atom. The molecular formula is C13H23N3O4. The third-order valence-electron chi connectivity index (χ3n) is 2.97. The molecule has 1 saturated heterocycles. The fraction of sp³-hybridized carbons (Fsp3) is 0.769. The molecule has 0 saturated carbocycles. The topological polar surface area (TPSA) is 98.7 Å². The molecule has 1 unspecified atom stereocenters. The molecule has 0 spiro atoms. The van der Waals surface area contributed by atoms with E-state index in [1.165, 1.54) is 4.90 Å². The normalized spacial score (nSPS) is 18.8. The number of carbonyl (C=O) groups is 3. The number of nitrogens with zero attached hydrogens (tertiary/aromatic N) is 1. The van der Waals surface area contributed by atoms with Gasteiger partial charge in [-0.3, -0.25) is 9.59 Å². The first-order valence-corrected chi connectivity index (χ1v) is 6.75. The van der Waals surface area contributed by atoms with Crippen LogP contribution in [0.25, 0.3) is 0 Å². The smallest absolute Gasteiger partial charge is 0.317 e. The number of hydrogen-bond acceptors (Lipinski definition) is 3. The molecule has 20 heavy (non-hydrogen) atoms. The van der Waals surface area contributed by atoms with Gasteiger partial charge in [0, 0.05) is 31.6 Å². The summed E-state index contributed by atoms with van der Waals surface area (Å²) in [7, 11) is 0. The van der Waals surface area contributed by atoms with E-state index < -0.39 is 11.9 Å². The molecule has 114 valence electrons. The van der Waals surface area contributed by atoms with Gasteiger partial charge in [0.15, 0.2) is 0 Å². The van der Waals surface area contributed by atoms with Crippen LogP contribution in [0, 0.1) is 5.92 Å². The van der Waals surface area contributed by atoms with Gasteiger partial charge in [0.2, 0.25) is 5.91 Å². The number of amides is 3. The quantitative estimate of drug-likeness (QED) is 0.696. The van der Waals surface area contributed by atoms with Gasteiger partial charge in [-0.2, -0.15) is 0 Å². The number of carboxylic acids is 1. The lowest BCUT2D eigenvalue weighted by Crippen LogP contribution is -2.43. The molecule has 0 bridgehead atoms. The van der Waals surface area contributed by atoms with Crippen molar-refractivity contribution in [2.45, 2.75) is 39.2 Å². The van der Waals surface area contributed by atoms with E-state index in [0.717, 1.165) is 0 Å². The number of likely N-dealkylation sites (tertiary alicyclic amines) is 1. The van der Waals surface area contributed by atoms with Crippen molar-refractivity contribution in [3.05, 3.63) is 0 Å². The minimum atomic E-state index is -0.871. The Labute approximate surface area is 118 Å². The van der Waals surface area contributed by atoms with Crippen molar-refractivity contribution >= 4 is 17.9 Å². The summed E-state index contributed by atoms with van der Waals surface area (Å²) in [5, 5.41) is 14.3. The van der Waals surface area contributed by atoms with E-state index in [4.69, 9.17) is 5.11 Å². The second-order valence-corrected chi connectivity index (χ2v) is 6.05. The molecule has 7 heteroatoms. The summed E-state index contributed by atoms with van der Waals surface area (Å²) < 4.78 is 0. The lowest BCUT2D eigenvalue weighted by molar-refractivity contribution is -0.141. The SMILES string of the molecule is CC(C)(C)NC(=O)CCNC(=O)N1CCC(C(=O)O)C1. The van der Waals surface area contributed by atoms with E-state index in [-0.39, 0.29) is 37.0 Å². The summed E-state index contributed by atoms with van der Waals surface area (Å²) in [6.07, 6.45) is 0.687. The van der Waals surface area contributed by atoms with Crippen molar-refractivity contribution in [3.8, 4) is 0 Å². The van der Waals surface area contributed by atoms with Gasteiger partial charge in [-0.15, -0.1) is 0 Å². The van der Waals surface area contributed by atoms with Crippen molar-refractivity contribution in [3.63, 3.8) is 0 Å². The third kappa shape index (κ3) is 5.46. The first kappa shape index (κ1) is 16.3. The molecule has 1 aliphatic rings. The second kappa shape index (κ2) is 6.58. The van der Waals surface area contributed by atoms with Crippen molar-refractivity contribution in [2.75, 3.05) is 19.6 Å². The van der Waals surface area contributed by atoms with E-state index in [0.29, 0.717) is 13.0 Å². The maximum atomic E-state index is 11.8. The number of nitrogens with one attached hydrogen (secondary N) is 2. The summed E-state index contributed by atoms with van der Waals surface area (Å²) in [5.41, 5.74) is -0.287. The molecule has 1 aliphatic heterocycles. The lowest BCUT2D eigenvalue weighted by Gasteiger charge is -2.21.